The number of rotatable bonds is 8. The predicted octanol–water partition coefficient (Wildman–Crippen LogP) is 0.296. The number of methoxy groups -OCH3 is 1. The van der Waals surface area contributed by atoms with E-state index in [0.717, 1.165) is 5.56 Å². The van der Waals surface area contributed by atoms with Gasteiger partial charge in [0, 0.05) is 33.8 Å². The van der Waals surface area contributed by atoms with Crippen LogP contribution in [-0.2, 0) is 16.0 Å². The van der Waals surface area contributed by atoms with Crippen LogP contribution in [0, 0.1) is 5.82 Å². The highest BCUT2D eigenvalue weighted by molar-refractivity contribution is 5.80. The SMILES string of the molecule is CN=C(NCCNC(=O)Cc1ccc(F)cc1)NCCOC. The summed E-state index contributed by atoms with van der Waals surface area (Å²) in [5, 5.41) is 8.93. The molecule has 1 amide bonds. The Labute approximate surface area is 130 Å². The van der Waals surface area contributed by atoms with Crippen LogP contribution in [0.1, 0.15) is 5.56 Å². The summed E-state index contributed by atoms with van der Waals surface area (Å²) < 4.78 is 17.7. The monoisotopic (exact) mass is 310 g/mol. The normalized spacial score (nSPS) is 11.1. The molecule has 0 saturated heterocycles. The second kappa shape index (κ2) is 10.6. The van der Waals surface area contributed by atoms with Gasteiger partial charge in [-0.15, -0.1) is 0 Å². The van der Waals surface area contributed by atoms with Crippen LogP contribution in [0.15, 0.2) is 29.3 Å². The Hall–Kier alpha value is -2.15. The predicted molar refractivity (Wildman–Crippen MR) is 84.4 cm³/mol. The molecule has 0 heterocycles. The number of benzene rings is 1. The molecule has 0 aliphatic heterocycles. The van der Waals surface area contributed by atoms with Crippen LogP contribution in [0.4, 0.5) is 4.39 Å². The first-order valence-electron chi connectivity index (χ1n) is 7.10. The minimum Gasteiger partial charge on any atom is -0.383 e. The summed E-state index contributed by atoms with van der Waals surface area (Å²) in [6, 6.07) is 5.91. The lowest BCUT2D eigenvalue weighted by Crippen LogP contribution is -2.42. The fraction of sp³-hybridized carbons (Fsp3) is 0.467. The van der Waals surface area contributed by atoms with Gasteiger partial charge in [0.05, 0.1) is 13.0 Å². The number of amides is 1. The van der Waals surface area contributed by atoms with Crippen LogP contribution in [0.3, 0.4) is 0 Å². The number of aliphatic imine (C=N–C) groups is 1. The minimum atomic E-state index is -0.305. The number of nitrogens with one attached hydrogen (secondary N) is 3. The molecule has 1 rings (SSSR count). The third kappa shape index (κ3) is 7.58. The molecule has 0 radical (unpaired) electrons. The Morgan fingerprint density at radius 1 is 1.14 bits per heavy atom. The molecule has 3 N–H and O–H groups in total. The van der Waals surface area contributed by atoms with Crippen molar-refractivity contribution in [2.24, 2.45) is 4.99 Å². The van der Waals surface area contributed by atoms with E-state index in [1.54, 1.807) is 26.3 Å². The van der Waals surface area contributed by atoms with Gasteiger partial charge in [-0.2, -0.15) is 0 Å². The summed E-state index contributed by atoms with van der Waals surface area (Å²) in [7, 11) is 3.31. The molecule has 0 aromatic heterocycles. The van der Waals surface area contributed by atoms with Crippen LogP contribution in [0.2, 0.25) is 0 Å². The Bertz CT molecular complexity index is 477. The van der Waals surface area contributed by atoms with Crippen LogP contribution in [0.5, 0.6) is 0 Å². The molecule has 1 aromatic carbocycles. The van der Waals surface area contributed by atoms with Gasteiger partial charge >= 0.3 is 0 Å². The summed E-state index contributed by atoms with van der Waals surface area (Å²) in [6.45, 7) is 2.29. The standard InChI is InChI=1S/C15H23FN4O2/c1-17-15(20-9-10-22-2)19-8-7-18-14(21)11-12-3-5-13(16)6-4-12/h3-6H,7-11H2,1-2H3,(H,18,21)(H2,17,19,20). The number of halogens is 1. The van der Waals surface area contributed by atoms with Gasteiger partial charge in [0.1, 0.15) is 5.82 Å². The maximum atomic E-state index is 12.8. The van der Waals surface area contributed by atoms with Crippen LogP contribution < -0.4 is 16.0 Å². The van der Waals surface area contributed by atoms with Gasteiger partial charge in [0.15, 0.2) is 5.96 Å². The minimum absolute atomic E-state index is 0.101. The molecule has 0 unspecified atom stereocenters. The number of carbonyl (C=O) groups excluding carboxylic acids is 1. The molecular formula is C15H23FN4O2. The molecule has 0 bridgehead atoms. The number of hydrogen-bond acceptors (Lipinski definition) is 3. The van der Waals surface area contributed by atoms with Gasteiger partial charge in [0.25, 0.3) is 0 Å². The van der Waals surface area contributed by atoms with Crippen molar-refractivity contribution in [3.63, 3.8) is 0 Å². The first kappa shape index (κ1) is 17.9. The van der Waals surface area contributed by atoms with Crippen LogP contribution in [0.25, 0.3) is 0 Å². The summed E-state index contributed by atoms with van der Waals surface area (Å²) in [6.07, 6.45) is 0.237. The molecule has 0 spiro atoms. The van der Waals surface area contributed by atoms with Gasteiger partial charge in [-0.25, -0.2) is 4.39 Å². The number of ether oxygens (including phenoxy) is 1. The van der Waals surface area contributed by atoms with Gasteiger partial charge in [-0.1, -0.05) is 12.1 Å². The van der Waals surface area contributed by atoms with Crippen molar-refractivity contribution < 1.29 is 13.9 Å². The van der Waals surface area contributed by atoms with Gasteiger partial charge in [0.2, 0.25) is 5.91 Å². The Kier molecular flexibility index (Phi) is 8.59. The third-order valence-corrected chi connectivity index (χ3v) is 2.84. The zero-order valence-electron chi connectivity index (χ0n) is 13.0. The lowest BCUT2D eigenvalue weighted by Gasteiger charge is -2.12. The summed E-state index contributed by atoms with van der Waals surface area (Å²) in [4.78, 5) is 15.8. The molecule has 0 aliphatic carbocycles. The average molecular weight is 310 g/mol. The highest BCUT2D eigenvalue weighted by Crippen LogP contribution is 2.03. The highest BCUT2D eigenvalue weighted by Gasteiger charge is 2.03. The fourth-order valence-electron chi connectivity index (χ4n) is 1.73. The average Bonchev–Trinajstić information content (AvgIpc) is 2.52. The molecule has 0 atom stereocenters. The second-order valence-electron chi connectivity index (χ2n) is 4.57. The summed E-state index contributed by atoms with van der Waals surface area (Å²) in [5.74, 6) is 0.251. The first-order valence-corrected chi connectivity index (χ1v) is 7.10. The van der Waals surface area contributed by atoms with Crippen molar-refractivity contribution >= 4 is 11.9 Å². The van der Waals surface area contributed by atoms with Gasteiger partial charge in [-0.3, -0.25) is 9.79 Å². The number of guanidine groups is 1. The number of nitrogens with zero attached hydrogens (tertiary/aromatic N) is 1. The van der Waals surface area contributed by atoms with Crippen molar-refractivity contribution in [2.45, 2.75) is 6.42 Å². The largest absolute Gasteiger partial charge is 0.383 e. The molecule has 0 saturated carbocycles. The molecule has 6 nitrogen and oxygen atoms in total. The van der Waals surface area contributed by atoms with Crippen molar-refractivity contribution in [1.29, 1.82) is 0 Å². The molecular weight excluding hydrogens is 287 g/mol. The lowest BCUT2D eigenvalue weighted by atomic mass is 10.1. The highest BCUT2D eigenvalue weighted by atomic mass is 19.1. The summed E-state index contributed by atoms with van der Waals surface area (Å²) in [5.41, 5.74) is 0.781. The van der Waals surface area contributed by atoms with Crippen molar-refractivity contribution in [2.75, 3.05) is 40.4 Å². The maximum Gasteiger partial charge on any atom is 0.224 e. The van der Waals surface area contributed by atoms with Crippen molar-refractivity contribution in [1.82, 2.24) is 16.0 Å². The smallest absolute Gasteiger partial charge is 0.224 e. The topological polar surface area (TPSA) is 74.8 Å². The number of carbonyl (C=O) groups is 1. The Morgan fingerprint density at radius 3 is 2.41 bits per heavy atom. The third-order valence-electron chi connectivity index (χ3n) is 2.84. The Morgan fingerprint density at radius 2 is 1.77 bits per heavy atom. The molecule has 0 fully saturated rings. The molecule has 7 heteroatoms. The van der Waals surface area contributed by atoms with Gasteiger partial charge in [-0.05, 0) is 17.7 Å². The second-order valence-corrected chi connectivity index (χ2v) is 4.57. The first-order chi connectivity index (χ1) is 10.7. The van der Waals surface area contributed by atoms with E-state index in [-0.39, 0.29) is 18.1 Å². The van der Waals surface area contributed by atoms with Crippen LogP contribution in [-0.4, -0.2) is 52.3 Å². The van der Waals surface area contributed by atoms with E-state index in [1.165, 1.54) is 12.1 Å². The number of hydrogen-bond donors (Lipinski definition) is 3. The zero-order valence-corrected chi connectivity index (χ0v) is 13.0. The van der Waals surface area contributed by atoms with E-state index in [4.69, 9.17) is 4.74 Å². The zero-order chi connectivity index (χ0) is 16.2. The Balaban J connectivity index is 2.17. The maximum absolute atomic E-state index is 12.8. The van der Waals surface area contributed by atoms with E-state index in [0.29, 0.717) is 32.2 Å². The van der Waals surface area contributed by atoms with Crippen LogP contribution >= 0.6 is 0 Å². The van der Waals surface area contributed by atoms with Crippen molar-refractivity contribution in [3.05, 3.63) is 35.6 Å². The fourth-order valence-corrected chi connectivity index (χ4v) is 1.73. The molecule has 122 valence electrons. The quantitative estimate of drug-likeness (QED) is 0.367. The van der Waals surface area contributed by atoms with Gasteiger partial charge < -0.3 is 20.7 Å². The van der Waals surface area contributed by atoms with E-state index < -0.39 is 0 Å². The lowest BCUT2D eigenvalue weighted by molar-refractivity contribution is -0.120. The summed E-state index contributed by atoms with van der Waals surface area (Å²) >= 11 is 0. The molecule has 0 aliphatic rings. The van der Waals surface area contributed by atoms with E-state index in [9.17, 15) is 9.18 Å². The van der Waals surface area contributed by atoms with E-state index in [1.807, 2.05) is 0 Å². The molecule has 22 heavy (non-hydrogen) atoms. The van der Waals surface area contributed by atoms with Crippen molar-refractivity contribution in [3.8, 4) is 0 Å². The van der Waals surface area contributed by atoms with E-state index >= 15 is 0 Å². The molecule has 1 aromatic rings. The van der Waals surface area contributed by atoms with E-state index in [2.05, 4.69) is 20.9 Å².